The highest BCUT2D eigenvalue weighted by atomic mass is 32.2. The third-order valence-corrected chi connectivity index (χ3v) is 8.05. The van der Waals surface area contributed by atoms with E-state index >= 15 is 0 Å². The summed E-state index contributed by atoms with van der Waals surface area (Å²) in [6.07, 6.45) is 18.2. The van der Waals surface area contributed by atoms with Crippen LogP contribution in [0.5, 0.6) is 0 Å². The Morgan fingerprint density at radius 3 is 1.37 bits per heavy atom. The largest absolute Gasteiger partial charge is 0.342 e. The SMILES string of the molecule is CSC/C(C)=C/C(=C\C(C)C(=O)N1CCCC1)CC(=C/C(C)C(=O)N1CCCC1)/C=C(\C)CSC. The van der Waals surface area contributed by atoms with Gasteiger partial charge in [-0.25, -0.2) is 0 Å². The zero-order valence-corrected chi connectivity index (χ0v) is 24.4. The normalized spacial score (nSPS) is 19.9. The van der Waals surface area contributed by atoms with Crippen LogP contribution in [-0.2, 0) is 9.59 Å². The molecule has 196 valence electrons. The average molecular weight is 519 g/mol. The molecule has 2 aliphatic rings. The first-order chi connectivity index (χ1) is 16.7. The summed E-state index contributed by atoms with van der Waals surface area (Å²) in [7, 11) is 0. The summed E-state index contributed by atoms with van der Waals surface area (Å²) in [6.45, 7) is 11.9. The third kappa shape index (κ3) is 10.2. The summed E-state index contributed by atoms with van der Waals surface area (Å²) < 4.78 is 0. The van der Waals surface area contributed by atoms with E-state index in [4.69, 9.17) is 0 Å². The molecule has 0 saturated carbocycles. The molecular weight excluding hydrogens is 472 g/mol. The Labute approximate surface area is 222 Å². The van der Waals surface area contributed by atoms with Crippen molar-refractivity contribution >= 4 is 35.3 Å². The number of hydrogen-bond acceptors (Lipinski definition) is 4. The van der Waals surface area contributed by atoms with Crippen LogP contribution in [0, 0.1) is 11.8 Å². The lowest BCUT2D eigenvalue weighted by molar-refractivity contribution is -0.133. The molecule has 2 rings (SSSR count). The molecule has 0 bridgehead atoms. The summed E-state index contributed by atoms with van der Waals surface area (Å²) in [5.74, 6) is 2.10. The molecule has 4 nitrogen and oxygen atoms in total. The molecular formula is C29H46N2O2S2. The molecule has 0 radical (unpaired) electrons. The molecule has 0 aromatic carbocycles. The standard InChI is InChI=1S/C29H46N2O2S2/c1-22(20-34-5)15-26(17-24(3)28(32)30-11-7-8-12-30)19-27(16-23(2)21-35-6)18-25(4)29(33)31-13-9-10-14-31/h15-18,24-25H,7-14,19-21H2,1-6H3/b22-15+,23-16+,26-17+,27-18+. The maximum Gasteiger partial charge on any atom is 0.229 e. The molecule has 6 heteroatoms. The lowest BCUT2D eigenvalue weighted by atomic mass is 9.94. The second-order valence-electron chi connectivity index (χ2n) is 10.1. The molecule has 0 aliphatic carbocycles. The van der Waals surface area contributed by atoms with Gasteiger partial charge in [-0.05, 0) is 69.6 Å². The van der Waals surface area contributed by atoms with Gasteiger partial charge >= 0.3 is 0 Å². The molecule has 2 saturated heterocycles. The summed E-state index contributed by atoms with van der Waals surface area (Å²) in [5, 5.41) is 0. The second-order valence-corrected chi connectivity index (χ2v) is 11.9. The Balaban J connectivity index is 2.35. The van der Waals surface area contributed by atoms with E-state index in [9.17, 15) is 9.59 Å². The van der Waals surface area contributed by atoms with Crippen molar-refractivity contribution in [3.63, 3.8) is 0 Å². The van der Waals surface area contributed by atoms with E-state index in [2.05, 4.69) is 50.7 Å². The second kappa shape index (κ2) is 15.7. The van der Waals surface area contributed by atoms with Gasteiger partial charge in [-0.3, -0.25) is 9.59 Å². The van der Waals surface area contributed by atoms with E-state index in [1.165, 1.54) is 11.1 Å². The van der Waals surface area contributed by atoms with Gasteiger partial charge in [0.05, 0.1) is 11.8 Å². The van der Waals surface area contributed by atoms with Crippen molar-refractivity contribution in [3.05, 3.63) is 46.6 Å². The van der Waals surface area contributed by atoms with Crippen molar-refractivity contribution in [2.45, 2.75) is 59.8 Å². The van der Waals surface area contributed by atoms with Gasteiger partial charge in [0.1, 0.15) is 0 Å². The predicted molar refractivity (Wildman–Crippen MR) is 155 cm³/mol. The van der Waals surface area contributed by atoms with E-state index in [-0.39, 0.29) is 23.7 Å². The van der Waals surface area contributed by atoms with Crippen LogP contribution in [0.4, 0.5) is 0 Å². The number of nitrogens with zero attached hydrogens (tertiary/aromatic N) is 2. The van der Waals surface area contributed by atoms with Crippen molar-refractivity contribution in [2.75, 3.05) is 50.2 Å². The topological polar surface area (TPSA) is 40.6 Å². The van der Waals surface area contributed by atoms with Crippen molar-refractivity contribution in [3.8, 4) is 0 Å². The number of allylic oxidation sites excluding steroid dienone is 4. The fourth-order valence-electron chi connectivity index (χ4n) is 4.96. The van der Waals surface area contributed by atoms with Crippen LogP contribution < -0.4 is 0 Å². The fourth-order valence-corrected chi connectivity index (χ4v) is 6.04. The van der Waals surface area contributed by atoms with E-state index < -0.39 is 0 Å². The Morgan fingerprint density at radius 1 is 0.714 bits per heavy atom. The molecule has 0 spiro atoms. The lowest BCUT2D eigenvalue weighted by Crippen LogP contribution is -2.32. The van der Waals surface area contributed by atoms with Crippen molar-refractivity contribution < 1.29 is 9.59 Å². The highest BCUT2D eigenvalue weighted by Gasteiger charge is 2.23. The van der Waals surface area contributed by atoms with Crippen molar-refractivity contribution in [2.24, 2.45) is 11.8 Å². The van der Waals surface area contributed by atoms with Crippen LogP contribution in [0.2, 0.25) is 0 Å². The summed E-state index contributed by atoms with van der Waals surface area (Å²) in [6, 6.07) is 0. The van der Waals surface area contributed by atoms with Crippen molar-refractivity contribution in [1.82, 2.24) is 9.80 Å². The van der Waals surface area contributed by atoms with Gasteiger partial charge in [-0.1, -0.05) is 49.3 Å². The van der Waals surface area contributed by atoms with Crippen LogP contribution in [0.15, 0.2) is 46.6 Å². The number of likely N-dealkylation sites (tertiary alicyclic amines) is 2. The molecule has 2 fully saturated rings. The molecule has 0 aromatic rings. The van der Waals surface area contributed by atoms with Crippen LogP contribution in [-0.4, -0.2) is 71.8 Å². The number of thioether (sulfide) groups is 2. The first-order valence-electron chi connectivity index (χ1n) is 13.1. The highest BCUT2D eigenvalue weighted by Crippen LogP contribution is 2.24. The highest BCUT2D eigenvalue weighted by molar-refractivity contribution is 7.98. The van der Waals surface area contributed by atoms with E-state index in [0.29, 0.717) is 0 Å². The number of hydrogen-bond donors (Lipinski definition) is 0. The van der Waals surface area contributed by atoms with Gasteiger partial charge < -0.3 is 9.80 Å². The quantitative estimate of drug-likeness (QED) is 0.282. The van der Waals surface area contributed by atoms with Gasteiger partial charge in [0, 0.05) is 37.7 Å². The Morgan fingerprint density at radius 2 is 1.06 bits per heavy atom. The first kappa shape index (κ1) is 29.8. The number of carbonyl (C=O) groups excluding carboxylic acids is 2. The Bertz CT molecular complexity index is 764. The van der Waals surface area contributed by atoms with Gasteiger partial charge in [-0.2, -0.15) is 23.5 Å². The number of amides is 2. The minimum Gasteiger partial charge on any atom is -0.342 e. The van der Waals surface area contributed by atoms with Crippen LogP contribution in [0.1, 0.15) is 59.8 Å². The maximum absolute atomic E-state index is 13.0. The van der Waals surface area contributed by atoms with Gasteiger partial charge in [0.2, 0.25) is 11.8 Å². The monoisotopic (exact) mass is 518 g/mol. The minimum absolute atomic E-state index is 0.150. The van der Waals surface area contributed by atoms with E-state index in [1.807, 2.05) is 47.2 Å². The first-order valence-corrected chi connectivity index (χ1v) is 15.8. The minimum atomic E-state index is -0.150. The zero-order chi connectivity index (χ0) is 25.8. The smallest absolute Gasteiger partial charge is 0.229 e. The fraction of sp³-hybridized carbons (Fsp3) is 0.655. The molecule has 2 unspecified atom stereocenters. The van der Waals surface area contributed by atoms with Gasteiger partial charge in [0.15, 0.2) is 0 Å². The molecule has 2 aliphatic heterocycles. The summed E-state index contributed by atoms with van der Waals surface area (Å²) in [5.41, 5.74) is 4.93. The number of carbonyl (C=O) groups is 2. The van der Waals surface area contributed by atoms with Gasteiger partial charge in [-0.15, -0.1) is 0 Å². The molecule has 35 heavy (non-hydrogen) atoms. The van der Waals surface area contributed by atoms with Crippen LogP contribution >= 0.6 is 23.5 Å². The third-order valence-electron chi connectivity index (χ3n) is 6.56. The van der Waals surface area contributed by atoms with Crippen LogP contribution in [0.25, 0.3) is 0 Å². The summed E-state index contributed by atoms with van der Waals surface area (Å²) >= 11 is 3.62. The molecule has 2 amide bonds. The summed E-state index contributed by atoms with van der Waals surface area (Å²) in [4.78, 5) is 30.1. The Hall–Kier alpha value is -1.40. The predicted octanol–water partition coefficient (Wildman–Crippen LogP) is 6.36. The molecule has 0 N–H and O–H groups in total. The molecule has 2 atom stereocenters. The maximum atomic E-state index is 13.0. The van der Waals surface area contributed by atoms with E-state index in [1.54, 1.807) is 0 Å². The number of rotatable bonds is 12. The zero-order valence-electron chi connectivity index (χ0n) is 22.8. The average Bonchev–Trinajstić information content (AvgIpc) is 3.52. The van der Waals surface area contributed by atoms with E-state index in [0.717, 1.165) is 80.9 Å². The van der Waals surface area contributed by atoms with Crippen LogP contribution in [0.3, 0.4) is 0 Å². The lowest BCUT2D eigenvalue weighted by Gasteiger charge is -2.20. The van der Waals surface area contributed by atoms with Crippen molar-refractivity contribution in [1.29, 1.82) is 0 Å². The molecule has 2 heterocycles. The Kier molecular flexibility index (Phi) is 13.3. The van der Waals surface area contributed by atoms with Gasteiger partial charge in [0.25, 0.3) is 0 Å². The molecule has 0 aromatic heterocycles.